The molecule has 3 nitrogen and oxygen atoms in total. The lowest BCUT2D eigenvalue weighted by atomic mass is 10.1. The van der Waals surface area contributed by atoms with E-state index in [1.807, 2.05) is 55.6 Å². The van der Waals surface area contributed by atoms with Crippen LogP contribution in [0.1, 0.15) is 12.5 Å². The van der Waals surface area contributed by atoms with Crippen LogP contribution in [-0.2, 0) is 0 Å². The average molecular weight is 288 g/mol. The van der Waals surface area contributed by atoms with Crippen LogP contribution in [0.2, 0.25) is 0 Å². The van der Waals surface area contributed by atoms with Gasteiger partial charge in [0.1, 0.15) is 5.75 Å². The molecule has 0 aliphatic carbocycles. The second-order valence-electron chi connectivity index (χ2n) is 5.08. The van der Waals surface area contributed by atoms with E-state index in [1.54, 1.807) is 7.11 Å². The fourth-order valence-corrected chi connectivity index (χ4v) is 2.61. The molecule has 0 saturated carbocycles. The van der Waals surface area contributed by atoms with Crippen LogP contribution in [0.4, 0.5) is 0 Å². The van der Waals surface area contributed by atoms with E-state index in [0.717, 1.165) is 27.9 Å². The quantitative estimate of drug-likeness (QED) is 0.662. The van der Waals surface area contributed by atoms with Gasteiger partial charge in [-0.05, 0) is 31.2 Å². The van der Waals surface area contributed by atoms with E-state index in [0.29, 0.717) is 5.57 Å². The fourth-order valence-electron chi connectivity index (χ4n) is 2.61. The van der Waals surface area contributed by atoms with E-state index < -0.39 is 0 Å². The van der Waals surface area contributed by atoms with Gasteiger partial charge in [0, 0.05) is 22.7 Å². The summed E-state index contributed by atoms with van der Waals surface area (Å²) in [5.74, 6) is 0.816. The normalized spacial score (nSPS) is 11.4. The van der Waals surface area contributed by atoms with Crippen LogP contribution in [0.25, 0.3) is 22.7 Å². The average Bonchev–Trinajstić information content (AvgIpc) is 2.93. The van der Waals surface area contributed by atoms with Crippen molar-refractivity contribution in [1.82, 2.24) is 4.57 Å². The molecule has 3 heteroatoms. The highest BCUT2D eigenvalue weighted by Crippen LogP contribution is 2.30. The van der Waals surface area contributed by atoms with Crippen LogP contribution in [0.5, 0.6) is 5.75 Å². The van der Waals surface area contributed by atoms with Crippen LogP contribution in [0.3, 0.4) is 0 Å². The summed E-state index contributed by atoms with van der Waals surface area (Å²) in [5, 5.41) is 10.1. The largest absolute Gasteiger partial charge is 0.495 e. The number of hydrogen-bond donors (Lipinski definition) is 0. The van der Waals surface area contributed by atoms with Crippen molar-refractivity contribution in [3.05, 3.63) is 65.9 Å². The van der Waals surface area contributed by atoms with Crippen LogP contribution in [0, 0.1) is 11.3 Å². The topological polar surface area (TPSA) is 38.0 Å². The van der Waals surface area contributed by atoms with E-state index in [-0.39, 0.29) is 0 Å². The molecule has 22 heavy (non-hydrogen) atoms. The second-order valence-corrected chi connectivity index (χ2v) is 5.08. The Morgan fingerprint density at radius 1 is 1.14 bits per heavy atom. The first-order valence-electron chi connectivity index (χ1n) is 7.06. The van der Waals surface area contributed by atoms with Crippen molar-refractivity contribution in [3.63, 3.8) is 0 Å². The predicted molar refractivity (Wildman–Crippen MR) is 89.1 cm³/mol. The molecule has 0 N–H and O–H groups in total. The minimum atomic E-state index is 0.683. The molecule has 0 amide bonds. The molecule has 0 radical (unpaired) electrons. The monoisotopic (exact) mass is 288 g/mol. The summed E-state index contributed by atoms with van der Waals surface area (Å²) in [7, 11) is 1.67. The third-order valence-corrected chi connectivity index (χ3v) is 3.64. The Morgan fingerprint density at radius 3 is 2.64 bits per heavy atom. The lowest BCUT2D eigenvalue weighted by Gasteiger charge is -2.10. The van der Waals surface area contributed by atoms with Crippen molar-refractivity contribution in [2.75, 3.05) is 7.11 Å². The van der Waals surface area contributed by atoms with E-state index in [4.69, 9.17) is 10.00 Å². The number of ether oxygens (including phenoxy) is 1. The number of benzene rings is 2. The van der Waals surface area contributed by atoms with E-state index in [1.165, 1.54) is 0 Å². The van der Waals surface area contributed by atoms with Gasteiger partial charge >= 0.3 is 0 Å². The number of hydrogen-bond acceptors (Lipinski definition) is 2. The molecule has 0 unspecified atom stereocenters. The van der Waals surface area contributed by atoms with Crippen LogP contribution < -0.4 is 4.74 Å². The Bertz CT molecular complexity index is 897. The molecular weight excluding hydrogens is 272 g/mol. The smallest absolute Gasteiger partial charge is 0.142 e. The zero-order chi connectivity index (χ0) is 15.5. The van der Waals surface area contributed by atoms with Crippen LogP contribution in [-0.4, -0.2) is 11.7 Å². The van der Waals surface area contributed by atoms with Gasteiger partial charge in [-0.15, -0.1) is 0 Å². The molecule has 0 spiro atoms. The minimum absolute atomic E-state index is 0.683. The SMILES string of the molecule is COc1ccccc1-n1cc(/C=C(/C)C#N)c2ccccc21. The van der Waals surface area contributed by atoms with Gasteiger partial charge in [-0.1, -0.05) is 30.3 Å². The molecule has 0 saturated heterocycles. The number of fused-ring (bicyclic) bond motifs is 1. The number of methoxy groups -OCH3 is 1. The summed E-state index contributed by atoms with van der Waals surface area (Å²) in [6.45, 7) is 1.81. The van der Waals surface area contributed by atoms with Crippen molar-refractivity contribution in [3.8, 4) is 17.5 Å². The molecule has 0 aliphatic rings. The van der Waals surface area contributed by atoms with Crippen molar-refractivity contribution < 1.29 is 4.74 Å². The zero-order valence-electron chi connectivity index (χ0n) is 12.6. The maximum Gasteiger partial charge on any atom is 0.142 e. The number of rotatable bonds is 3. The molecule has 108 valence electrons. The van der Waals surface area contributed by atoms with Crippen molar-refractivity contribution >= 4 is 17.0 Å². The third-order valence-electron chi connectivity index (χ3n) is 3.64. The van der Waals surface area contributed by atoms with Crippen LogP contribution >= 0.6 is 0 Å². The van der Waals surface area contributed by atoms with Gasteiger partial charge in [0.15, 0.2) is 0 Å². The van der Waals surface area contributed by atoms with Gasteiger partial charge in [0.25, 0.3) is 0 Å². The predicted octanol–water partition coefficient (Wildman–Crippen LogP) is 4.57. The summed E-state index contributed by atoms with van der Waals surface area (Å²) in [6, 6.07) is 18.2. The Balaban J connectivity index is 2.30. The minimum Gasteiger partial charge on any atom is -0.495 e. The highest BCUT2D eigenvalue weighted by Gasteiger charge is 2.11. The molecule has 0 fully saturated rings. The van der Waals surface area contributed by atoms with E-state index in [9.17, 15) is 0 Å². The lowest BCUT2D eigenvalue weighted by Crippen LogP contribution is -1.95. The van der Waals surface area contributed by atoms with E-state index >= 15 is 0 Å². The zero-order valence-corrected chi connectivity index (χ0v) is 12.6. The summed E-state index contributed by atoms with van der Waals surface area (Å²) >= 11 is 0. The van der Waals surface area contributed by atoms with Crippen LogP contribution in [0.15, 0.2) is 60.3 Å². The Morgan fingerprint density at radius 2 is 1.86 bits per heavy atom. The molecule has 1 heterocycles. The highest BCUT2D eigenvalue weighted by molar-refractivity contribution is 5.91. The Labute approximate surface area is 129 Å². The molecular formula is C19H16N2O. The number of nitriles is 1. The number of aromatic nitrogens is 1. The van der Waals surface area contributed by atoms with Gasteiger partial charge in [0.2, 0.25) is 0 Å². The van der Waals surface area contributed by atoms with Crippen molar-refractivity contribution in [2.24, 2.45) is 0 Å². The third kappa shape index (κ3) is 2.36. The number of para-hydroxylation sites is 3. The number of allylic oxidation sites excluding steroid dienone is 1. The lowest BCUT2D eigenvalue weighted by molar-refractivity contribution is 0.413. The van der Waals surface area contributed by atoms with Gasteiger partial charge in [-0.2, -0.15) is 5.26 Å². The van der Waals surface area contributed by atoms with E-state index in [2.05, 4.69) is 22.8 Å². The fraction of sp³-hybridized carbons (Fsp3) is 0.105. The molecule has 0 bridgehead atoms. The molecule has 0 aliphatic heterocycles. The maximum atomic E-state index is 9.03. The Hall–Kier alpha value is -2.99. The highest BCUT2D eigenvalue weighted by atomic mass is 16.5. The maximum absolute atomic E-state index is 9.03. The summed E-state index contributed by atoms with van der Waals surface area (Å²) < 4.78 is 7.57. The molecule has 3 aromatic rings. The standard InChI is InChI=1S/C19H16N2O/c1-14(12-20)11-15-13-21(17-8-4-3-7-16(15)17)18-9-5-6-10-19(18)22-2/h3-11,13H,1-2H3/b14-11-. The van der Waals surface area contributed by atoms with Crippen molar-refractivity contribution in [2.45, 2.75) is 6.92 Å². The van der Waals surface area contributed by atoms with Gasteiger partial charge in [0.05, 0.1) is 24.4 Å². The molecule has 3 rings (SSSR count). The summed E-state index contributed by atoms with van der Waals surface area (Å²) in [4.78, 5) is 0. The first-order chi connectivity index (χ1) is 10.7. The van der Waals surface area contributed by atoms with Crippen molar-refractivity contribution in [1.29, 1.82) is 5.26 Å². The molecule has 2 aromatic carbocycles. The first kappa shape index (κ1) is 14.0. The first-order valence-corrected chi connectivity index (χ1v) is 7.06. The van der Waals surface area contributed by atoms with Gasteiger partial charge in [-0.3, -0.25) is 0 Å². The molecule has 1 aromatic heterocycles. The summed E-state index contributed by atoms with van der Waals surface area (Å²) in [5.41, 5.74) is 3.78. The number of nitrogens with zero attached hydrogens (tertiary/aromatic N) is 2. The van der Waals surface area contributed by atoms with Gasteiger partial charge < -0.3 is 9.30 Å². The van der Waals surface area contributed by atoms with Gasteiger partial charge in [-0.25, -0.2) is 0 Å². The Kier molecular flexibility index (Phi) is 3.67. The summed E-state index contributed by atoms with van der Waals surface area (Å²) in [6.07, 6.45) is 3.96. The second kappa shape index (κ2) is 5.79. The molecule has 0 atom stereocenters.